The van der Waals surface area contributed by atoms with Gasteiger partial charge < -0.3 is 19.5 Å². The van der Waals surface area contributed by atoms with Crippen LogP contribution in [0.5, 0.6) is 17.2 Å². The average molecular weight is 486 g/mol. The summed E-state index contributed by atoms with van der Waals surface area (Å²) in [4.78, 5) is 28.2. The van der Waals surface area contributed by atoms with Crippen LogP contribution in [0.15, 0.2) is 67.0 Å². The molecule has 1 amide bonds. The summed E-state index contributed by atoms with van der Waals surface area (Å²) < 4.78 is 16.8. The first-order valence-corrected chi connectivity index (χ1v) is 11.2. The summed E-state index contributed by atoms with van der Waals surface area (Å²) in [6, 6.07) is 16.2. The lowest BCUT2D eigenvalue weighted by molar-refractivity contribution is 0.209. The molecule has 2 heterocycles. The van der Waals surface area contributed by atoms with Crippen LogP contribution in [0.2, 0.25) is 0 Å². The monoisotopic (exact) mass is 485 g/mol. The van der Waals surface area contributed by atoms with Crippen molar-refractivity contribution in [1.82, 2.24) is 15.0 Å². The maximum Gasteiger partial charge on any atom is 0.425 e. The molecule has 36 heavy (non-hydrogen) atoms. The van der Waals surface area contributed by atoms with Crippen molar-refractivity contribution in [3.63, 3.8) is 0 Å². The topological polar surface area (TPSA) is 98.7 Å². The normalized spacial score (nSPS) is 10.5. The first-order valence-electron chi connectivity index (χ1n) is 11.2. The number of nitrogens with one attached hydrogen (secondary N) is 1. The van der Waals surface area contributed by atoms with Crippen molar-refractivity contribution >= 4 is 29.2 Å². The molecular formula is C27H27N5O4. The Morgan fingerprint density at radius 3 is 2.36 bits per heavy atom. The van der Waals surface area contributed by atoms with Gasteiger partial charge in [-0.25, -0.2) is 14.7 Å². The van der Waals surface area contributed by atoms with Crippen molar-refractivity contribution in [3.8, 4) is 17.2 Å². The molecule has 0 radical (unpaired) electrons. The second-order valence-corrected chi connectivity index (χ2v) is 8.01. The fourth-order valence-electron chi connectivity index (χ4n) is 3.58. The number of pyridine rings is 1. The molecule has 2 aromatic heterocycles. The lowest BCUT2D eigenvalue weighted by atomic mass is 10.1. The molecule has 0 aliphatic rings. The summed E-state index contributed by atoms with van der Waals surface area (Å²) in [6.45, 7) is 5.68. The third-order valence-corrected chi connectivity index (χ3v) is 5.45. The Morgan fingerprint density at radius 2 is 1.69 bits per heavy atom. The van der Waals surface area contributed by atoms with Crippen LogP contribution >= 0.6 is 0 Å². The quantitative estimate of drug-likeness (QED) is 0.346. The van der Waals surface area contributed by atoms with E-state index in [4.69, 9.17) is 14.2 Å². The summed E-state index contributed by atoms with van der Waals surface area (Å²) in [6.07, 6.45) is 2.59. The minimum Gasteiger partial charge on any atom is -0.497 e. The minimum atomic E-state index is -0.655. The molecule has 0 saturated heterocycles. The molecule has 0 saturated carbocycles. The summed E-state index contributed by atoms with van der Waals surface area (Å²) >= 11 is 0. The maximum absolute atomic E-state index is 13.7. The van der Waals surface area contributed by atoms with E-state index in [-0.39, 0.29) is 11.8 Å². The number of hydrogen-bond acceptors (Lipinski definition) is 8. The molecule has 1 N–H and O–H groups in total. The number of rotatable bonds is 7. The number of carbonyl (C=O) groups is 1. The molecule has 9 nitrogen and oxygen atoms in total. The van der Waals surface area contributed by atoms with Crippen molar-refractivity contribution in [2.24, 2.45) is 0 Å². The number of aryl methyl sites for hydroxylation is 3. The fraction of sp³-hybridized carbons (Fsp3) is 0.185. The van der Waals surface area contributed by atoms with E-state index in [9.17, 15) is 4.79 Å². The summed E-state index contributed by atoms with van der Waals surface area (Å²) in [5.41, 5.74) is 3.70. The second kappa shape index (κ2) is 10.7. The van der Waals surface area contributed by atoms with Crippen molar-refractivity contribution < 1.29 is 19.0 Å². The zero-order chi connectivity index (χ0) is 25.7. The molecule has 4 aromatic rings. The van der Waals surface area contributed by atoms with Crippen LogP contribution in [0.3, 0.4) is 0 Å². The molecule has 184 valence electrons. The zero-order valence-corrected chi connectivity index (χ0v) is 20.8. The molecule has 0 unspecified atom stereocenters. The van der Waals surface area contributed by atoms with E-state index in [1.54, 1.807) is 43.8 Å². The number of aromatic nitrogens is 3. The molecule has 0 fully saturated rings. The molecule has 2 aromatic carbocycles. The van der Waals surface area contributed by atoms with Gasteiger partial charge in [-0.3, -0.25) is 4.98 Å². The third kappa shape index (κ3) is 5.35. The van der Waals surface area contributed by atoms with Crippen LogP contribution in [0.25, 0.3) is 0 Å². The van der Waals surface area contributed by atoms with Crippen molar-refractivity contribution in [2.45, 2.75) is 20.8 Å². The van der Waals surface area contributed by atoms with E-state index >= 15 is 0 Å². The van der Waals surface area contributed by atoms with E-state index in [0.29, 0.717) is 28.6 Å². The number of carbonyl (C=O) groups excluding carboxylic acids is 1. The average Bonchev–Trinajstić information content (AvgIpc) is 2.88. The van der Waals surface area contributed by atoms with Crippen LogP contribution in [-0.4, -0.2) is 35.3 Å². The van der Waals surface area contributed by atoms with Gasteiger partial charge in [-0.05, 0) is 56.2 Å². The molecule has 4 rings (SSSR count). The second-order valence-electron chi connectivity index (χ2n) is 8.01. The number of amides is 1. The highest BCUT2D eigenvalue weighted by Crippen LogP contribution is 2.37. The molecule has 0 atom stereocenters. The van der Waals surface area contributed by atoms with Gasteiger partial charge in [-0.1, -0.05) is 18.2 Å². The van der Waals surface area contributed by atoms with Crippen LogP contribution in [-0.2, 0) is 0 Å². The number of para-hydroxylation sites is 1. The van der Waals surface area contributed by atoms with E-state index in [0.717, 1.165) is 16.8 Å². The Kier molecular flexibility index (Phi) is 7.29. The molecule has 0 aliphatic carbocycles. The Morgan fingerprint density at radius 1 is 0.917 bits per heavy atom. The van der Waals surface area contributed by atoms with Gasteiger partial charge in [0.05, 0.1) is 31.8 Å². The summed E-state index contributed by atoms with van der Waals surface area (Å²) in [7, 11) is 3.08. The van der Waals surface area contributed by atoms with E-state index < -0.39 is 6.09 Å². The van der Waals surface area contributed by atoms with Gasteiger partial charge in [0.25, 0.3) is 0 Å². The first kappa shape index (κ1) is 24.5. The van der Waals surface area contributed by atoms with Crippen LogP contribution in [0.4, 0.5) is 27.9 Å². The molecular weight excluding hydrogens is 458 g/mol. The van der Waals surface area contributed by atoms with Crippen LogP contribution in [0, 0.1) is 20.8 Å². The van der Waals surface area contributed by atoms with Gasteiger partial charge in [-0.15, -0.1) is 0 Å². The summed E-state index contributed by atoms with van der Waals surface area (Å²) in [5.74, 6) is 2.04. The number of benzene rings is 2. The predicted octanol–water partition coefficient (Wildman–Crippen LogP) is 5.89. The van der Waals surface area contributed by atoms with E-state index in [1.165, 1.54) is 12.0 Å². The predicted molar refractivity (Wildman–Crippen MR) is 138 cm³/mol. The van der Waals surface area contributed by atoms with Crippen molar-refractivity contribution in [1.29, 1.82) is 0 Å². The molecule has 9 heteroatoms. The Balaban J connectivity index is 1.77. The molecule has 0 aliphatic heterocycles. The Bertz CT molecular complexity index is 1350. The van der Waals surface area contributed by atoms with Gasteiger partial charge >= 0.3 is 6.09 Å². The van der Waals surface area contributed by atoms with Gasteiger partial charge in [0.2, 0.25) is 5.95 Å². The highest BCUT2D eigenvalue weighted by molar-refractivity contribution is 5.98. The number of hydrogen-bond donors (Lipinski definition) is 1. The lowest BCUT2D eigenvalue weighted by Gasteiger charge is -2.24. The summed E-state index contributed by atoms with van der Waals surface area (Å²) in [5, 5.41) is 3.12. The first-order chi connectivity index (χ1) is 17.4. The van der Waals surface area contributed by atoms with Gasteiger partial charge in [-0.2, -0.15) is 4.98 Å². The SMILES string of the molecule is COc1ccc(N(C(=O)Oc2c(C)cccc2C)c2ccnc(Nc3ccc(C)nc3)n2)c(OC)c1. The lowest BCUT2D eigenvalue weighted by Crippen LogP contribution is -2.31. The third-order valence-electron chi connectivity index (χ3n) is 5.45. The molecule has 0 spiro atoms. The number of ether oxygens (including phenoxy) is 3. The highest BCUT2D eigenvalue weighted by atomic mass is 16.6. The number of methoxy groups -OCH3 is 2. The highest BCUT2D eigenvalue weighted by Gasteiger charge is 2.27. The zero-order valence-electron chi connectivity index (χ0n) is 20.8. The van der Waals surface area contributed by atoms with Crippen LogP contribution in [0.1, 0.15) is 16.8 Å². The largest absolute Gasteiger partial charge is 0.497 e. The van der Waals surface area contributed by atoms with Gasteiger partial charge in [0.15, 0.2) is 0 Å². The molecule has 0 bridgehead atoms. The maximum atomic E-state index is 13.7. The number of nitrogens with zero attached hydrogens (tertiary/aromatic N) is 4. The van der Waals surface area contributed by atoms with E-state index in [1.807, 2.05) is 51.1 Å². The van der Waals surface area contributed by atoms with E-state index in [2.05, 4.69) is 20.3 Å². The minimum absolute atomic E-state index is 0.285. The Hall–Kier alpha value is -4.66. The van der Waals surface area contributed by atoms with Crippen molar-refractivity contribution in [3.05, 3.63) is 83.8 Å². The van der Waals surface area contributed by atoms with Gasteiger partial charge in [0.1, 0.15) is 23.1 Å². The van der Waals surface area contributed by atoms with Gasteiger partial charge in [0, 0.05) is 24.0 Å². The van der Waals surface area contributed by atoms with Crippen molar-refractivity contribution in [2.75, 3.05) is 24.4 Å². The Labute approximate surface area is 209 Å². The number of anilines is 4. The fourth-order valence-corrected chi connectivity index (χ4v) is 3.58. The smallest absolute Gasteiger partial charge is 0.425 e. The standard InChI is InChI=1S/C27H27N5O4/c1-17-7-6-8-18(2)25(17)36-27(33)32(22-12-11-21(34-4)15-23(22)35-5)24-13-14-28-26(31-24)30-20-10-9-19(3)29-16-20/h6-16H,1-5H3,(H,28,30,31). The van der Waals surface area contributed by atoms with Crippen LogP contribution < -0.4 is 24.4 Å².